The molecule has 0 N–H and O–H groups in total. The molecule has 2 aromatic rings. The van der Waals surface area contributed by atoms with E-state index in [4.69, 9.17) is 16.3 Å². The van der Waals surface area contributed by atoms with Gasteiger partial charge in [-0.2, -0.15) is 0 Å². The predicted octanol–water partition coefficient (Wildman–Crippen LogP) is 2.98. The molecular weight excluding hydrogens is 280 g/mol. The second-order valence-electron chi connectivity index (χ2n) is 3.84. The lowest BCUT2D eigenvalue weighted by Crippen LogP contribution is -2.07. The first-order chi connectivity index (χ1) is 9.65. The first-order valence-corrected chi connectivity index (χ1v) is 6.37. The summed E-state index contributed by atoms with van der Waals surface area (Å²) in [5.74, 6) is 0.154. The summed E-state index contributed by atoms with van der Waals surface area (Å²) < 4.78 is 9.98. The first-order valence-electron chi connectivity index (χ1n) is 5.99. The Labute approximate surface area is 121 Å². The van der Waals surface area contributed by atoms with Crippen LogP contribution in [0.3, 0.4) is 0 Å². The molecule has 0 bridgehead atoms. The van der Waals surface area contributed by atoms with E-state index in [-0.39, 0.29) is 10.8 Å². The van der Waals surface area contributed by atoms with Crippen molar-refractivity contribution in [2.24, 2.45) is 0 Å². The number of halogens is 1. The molecule has 0 atom stereocenters. The van der Waals surface area contributed by atoms with Crippen molar-refractivity contribution in [2.75, 3.05) is 13.7 Å². The topological polar surface area (TPSA) is 61.3 Å². The lowest BCUT2D eigenvalue weighted by Gasteiger charge is -2.06. The highest BCUT2D eigenvalue weighted by molar-refractivity contribution is 6.32. The van der Waals surface area contributed by atoms with Crippen molar-refractivity contribution in [3.63, 3.8) is 0 Å². The molecule has 0 aliphatic heterocycles. The van der Waals surface area contributed by atoms with E-state index in [0.29, 0.717) is 12.3 Å². The average molecular weight is 293 g/mol. The van der Waals surface area contributed by atoms with Gasteiger partial charge in [-0.05, 0) is 31.2 Å². The van der Waals surface area contributed by atoms with Crippen LogP contribution in [0.25, 0.3) is 11.3 Å². The maximum Gasteiger partial charge on any atom is 0.359 e. The van der Waals surface area contributed by atoms with Gasteiger partial charge in [0.25, 0.3) is 0 Å². The maximum atomic E-state index is 11.5. The zero-order valence-corrected chi connectivity index (χ0v) is 11.8. The van der Waals surface area contributed by atoms with Crippen LogP contribution in [0.1, 0.15) is 17.4 Å². The fourth-order valence-corrected chi connectivity index (χ4v) is 1.80. The van der Waals surface area contributed by atoms with E-state index in [1.54, 1.807) is 0 Å². The van der Waals surface area contributed by atoms with Gasteiger partial charge < -0.3 is 9.47 Å². The third-order valence-corrected chi connectivity index (χ3v) is 2.84. The summed E-state index contributed by atoms with van der Waals surface area (Å²) in [5, 5.41) is 0.0199. The molecule has 0 amide bonds. The second kappa shape index (κ2) is 6.34. The van der Waals surface area contributed by atoms with Crippen LogP contribution >= 0.6 is 11.6 Å². The number of rotatable bonds is 4. The van der Waals surface area contributed by atoms with Crippen molar-refractivity contribution in [2.45, 2.75) is 6.92 Å². The second-order valence-corrected chi connectivity index (χ2v) is 4.20. The molecule has 20 heavy (non-hydrogen) atoms. The molecule has 0 aliphatic rings. The molecule has 0 radical (unpaired) electrons. The molecule has 0 spiro atoms. The number of hydrogen-bond acceptors (Lipinski definition) is 5. The number of ether oxygens (including phenoxy) is 2. The highest BCUT2D eigenvalue weighted by atomic mass is 35.5. The minimum Gasteiger partial charge on any atom is -0.494 e. The molecule has 0 saturated carbocycles. The molecule has 104 valence electrons. The van der Waals surface area contributed by atoms with Gasteiger partial charge in [0, 0.05) is 5.56 Å². The number of carbonyl (C=O) groups excluding carboxylic acids is 1. The molecule has 1 aromatic heterocycles. The number of aromatic nitrogens is 2. The Hall–Kier alpha value is -2.14. The largest absolute Gasteiger partial charge is 0.494 e. The van der Waals surface area contributed by atoms with E-state index < -0.39 is 5.97 Å². The van der Waals surface area contributed by atoms with Gasteiger partial charge >= 0.3 is 5.97 Å². The Morgan fingerprint density at radius 2 is 2.00 bits per heavy atom. The number of benzene rings is 1. The molecule has 2 rings (SSSR count). The molecule has 0 unspecified atom stereocenters. The fraction of sp³-hybridized carbons (Fsp3) is 0.214. The minimum absolute atomic E-state index is 0.000511. The highest BCUT2D eigenvalue weighted by Gasteiger charge is 2.15. The molecule has 0 saturated heterocycles. The van der Waals surface area contributed by atoms with Crippen molar-refractivity contribution in [1.29, 1.82) is 0 Å². The summed E-state index contributed by atoms with van der Waals surface area (Å²) in [7, 11) is 1.27. The molecular formula is C14H13ClN2O3. The van der Waals surface area contributed by atoms with Crippen molar-refractivity contribution < 1.29 is 14.3 Å². The number of carbonyl (C=O) groups is 1. The predicted molar refractivity (Wildman–Crippen MR) is 75.0 cm³/mol. The van der Waals surface area contributed by atoms with Crippen LogP contribution in [0.5, 0.6) is 5.75 Å². The standard InChI is InChI=1S/C14H13ClN2O3/c1-3-20-10-6-4-9(5-7-10)11-8-16-13(15)12(17-11)14(18)19-2/h4-8H,3H2,1-2H3. The summed E-state index contributed by atoms with van der Waals surface area (Å²) in [6.45, 7) is 2.52. The van der Waals surface area contributed by atoms with Crippen LogP contribution in [0.15, 0.2) is 30.5 Å². The molecule has 0 fully saturated rings. The van der Waals surface area contributed by atoms with Crippen LogP contribution in [0, 0.1) is 0 Å². The average Bonchev–Trinajstić information content (AvgIpc) is 2.48. The lowest BCUT2D eigenvalue weighted by molar-refractivity contribution is 0.0594. The number of esters is 1. The highest BCUT2D eigenvalue weighted by Crippen LogP contribution is 2.22. The summed E-state index contributed by atoms with van der Waals surface area (Å²) in [6.07, 6.45) is 1.50. The van der Waals surface area contributed by atoms with Crippen LogP contribution in [-0.2, 0) is 4.74 Å². The Kier molecular flexibility index (Phi) is 4.53. The maximum absolute atomic E-state index is 11.5. The van der Waals surface area contributed by atoms with Crippen LogP contribution in [0.2, 0.25) is 5.15 Å². The van der Waals surface area contributed by atoms with Gasteiger partial charge in [0.15, 0.2) is 10.8 Å². The van der Waals surface area contributed by atoms with Gasteiger partial charge in [0.1, 0.15) is 5.75 Å². The third-order valence-electron chi connectivity index (χ3n) is 2.57. The van der Waals surface area contributed by atoms with E-state index >= 15 is 0 Å². The normalized spacial score (nSPS) is 10.2. The quantitative estimate of drug-likeness (QED) is 0.811. The van der Waals surface area contributed by atoms with Crippen LogP contribution in [-0.4, -0.2) is 29.7 Å². The Balaban J connectivity index is 2.35. The molecule has 0 aliphatic carbocycles. The molecule has 1 aromatic carbocycles. The molecule has 1 heterocycles. The van der Waals surface area contributed by atoms with Gasteiger partial charge in [-0.15, -0.1) is 0 Å². The van der Waals surface area contributed by atoms with E-state index in [1.165, 1.54) is 13.3 Å². The summed E-state index contributed by atoms with van der Waals surface area (Å²) in [6, 6.07) is 7.33. The van der Waals surface area contributed by atoms with Gasteiger partial charge in [-0.1, -0.05) is 11.6 Å². The number of hydrogen-bond donors (Lipinski definition) is 0. The lowest BCUT2D eigenvalue weighted by atomic mass is 10.1. The number of nitrogens with zero attached hydrogens (tertiary/aromatic N) is 2. The third kappa shape index (κ3) is 3.05. The van der Waals surface area contributed by atoms with Crippen molar-refractivity contribution >= 4 is 17.6 Å². The van der Waals surface area contributed by atoms with Gasteiger partial charge in [0.05, 0.1) is 25.6 Å². The van der Waals surface area contributed by atoms with Crippen molar-refractivity contribution in [1.82, 2.24) is 9.97 Å². The van der Waals surface area contributed by atoms with Gasteiger partial charge in [-0.25, -0.2) is 14.8 Å². The van der Waals surface area contributed by atoms with Crippen molar-refractivity contribution in [3.05, 3.63) is 41.3 Å². The van der Waals surface area contributed by atoms with E-state index in [9.17, 15) is 4.79 Å². The monoisotopic (exact) mass is 292 g/mol. The zero-order chi connectivity index (χ0) is 14.5. The summed E-state index contributed by atoms with van der Waals surface area (Å²) in [5.41, 5.74) is 1.35. The fourth-order valence-electron chi connectivity index (χ4n) is 1.63. The van der Waals surface area contributed by atoms with E-state index in [1.807, 2.05) is 31.2 Å². The van der Waals surface area contributed by atoms with Crippen LogP contribution < -0.4 is 4.74 Å². The van der Waals surface area contributed by atoms with Gasteiger partial charge in [0.2, 0.25) is 0 Å². The minimum atomic E-state index is -0.615. The van der Waals surface area contributed by atoms with Gasteiger partial charge in [-0.3, -0.25) is 0 Å². The molecule has 6 heteroatoms. The Bertz CT molecular complexity index is 614. The summed E-state index contributed by atoms with van der Waals surface area (Å²) in [4.78, 5) is 19.7. The van der Waals surface area contributed by atoms with E-state index in [0.717, 1.165) is 11.3 Å². The zero-order valence-electron chi connectivity index (χ0n) is 11.1. The Morgan fingerprint density at radius 1 is 1.30 bits per heavy atom. The number of methoxy groups -OCH3 is 1. The SMILES string of the molecule is CCOc1ccc(-c2cnc(Cl)c(C(=O)OC)n2)cc1. The molecule has 5 nitrogen and oxygen atoms in total. The summed E-state index contributed by atoms with van der Waals surface area (Å²) >= 11 is 5.83. The first kappa shape index (κ1) is 14.3. The van der Waals surface area contributed by atoms with Crippen molar-refractivity contribution in [3.8, 4) is 17.0 Å². The van der Waals surface area contributed by atoms with E-state index in [2.05, 4.69) is 14.7 Å². The Morgan fingerprint density at radius 3 is 2.60 bits per heavy atom. The van der Waals surface area contributed by atoms with Crippen LogP contribution in [0.4, 0.5) is 0 Å². The smallest absolute Gasteiger partial charge is 0.359 e.